The van der Waals surface area contributed by atoms with Gasteiger partial charge in [0.2, 0.25) is 6.29 Å². The zero-order valence-electron chi connectivity index (χ0n) is 11.3. The van der Waals surface area contributed by atoms with E-state index in [9.17, 15) is 14.6 Å². The number of rotatable bonds is 3. The number of aliphatic hydroxyl groups excluding tert-OH is 2. The second kappa shape index (κ2) is 6.39. The van der Waals surface area contributed by atoms with Crippen LogP contribution in [0.15, 0.2) is 22.7 Å². The van der Waals surface area contributed by atoms with E-state index in [1.54, 1.807) is 19.1 Å². The highest BCUT2D eigenvalue weighted by Crippen LogP contribution is 2.31. The predicted molar refractivity (Wildman–Crippen MR) is 75.3 cm³/mol. The molecule has 1 aromatic carbocycles. The summed E-state index contributed by atoms with van der Waals surface area (Å²) in [6.45, 7) is 3.04. The molecular formula is C14H18BrFO4. The first-order valence-electron chi connectivity index (χ1n) is 6.45. The minimum Gasteiger partial charge on any atom is -0.461 e. The van der Waals surface area contributed by atoms with Crippen molar-refractivity contribution in [1.29, 1.82) is 0 Å². The van der Waals surface area contributed by atoms with E-state index in [2.05, 4.69) is 15.9 Å². The summed E-state index contributed by atoms with van der Waals surface area (Å²) in [5.41, 5.74) is 0.842. The van der Waals surface area contributed by atoms with Crippen molar-refractivity contribution in [2.24, 2.45) is 5.92 Å². The van der Waals surface area contributed by atoms with Gasteiger partial charge in [0.05, 0.1) is 12.7 Å². The van der Waals surface area contributed by atoms with E-state index >= 15 is 0 Å². The number of hydrogen-bond acceptors (Lipinski definition) is 4. The maximum atomic E-state index is 14.2. The maximum absolute atomic E-state index is 14.2. The Bertz CT molecular complexity index is 468. The van der Waals surface area contributed by atoms with Gasteiger partial charge in [-0.25, -0.2) is 4.39 Å². The molecule has 5 atom stereocenters. The first-order valence-corrected chi connectivity index (χ1v) is 7.24. The van der Waals surface area contributed by atoms with Crippen molar-refractivity contribution in [3.63, 3.8) is 0 Å². The van der Waals surface area contributed by atoms with Crippen LogP contribution in [0.1, 0.15) is 12.5 Å². The Hall–Kier alpha value is -0.690. The van der Waals surface area contributed by atoms with Crippen molar-refractivity contribution in [3.8, 4) is 5.75 Å². The molecule has 0 spiro atoms. The Morgan fingerprint density at radius 1 is 1.45 bits per heavy atom. The highest BCUT2D eigenvalue weighted by Gasteiger charge is 2.44. The largest absolute Gasteiger partial charge is 0.461 e. The molecule has 0 aliphatic carbocycles. The normalized spacial score (nSPS) is 34.0. The van der Waals surface area contributed by atoms with Crippen LogP contribution in [0, 0.1) is 12.8 Å². The van der Waals surface area contributed by atoms with E-state index in [4.69, 9.17) is 9.47 Å². The molecule has 1 saturated heterocycles. The minimum absolute atomic E-state index is 0.378. The Kier molecular flexibility index (Phi) is 5.01. The summed E-state index contributed by atoms with van der Waals surface area (Å²) in [5.74, 6) is -0.150. The van der Waals surface area contributed by atoms with Crippen molar-refractivity contribution in [2.45, 2.75) is 38.5 Å². The van der Waals surface area contributed by atoms with Crippen LogP contribution in [0.3, 0.4) is 0 Å². The molecule has 0 radical (unpaired) electrons. The monoisotopic (exact) mass is 348 g/mol. The molecule has 0 bridgehead atoms. The van der Waals surface area contributed by atoms with Gasteiger partial charge in [0, 0.05) is 10.4 Å². The summed E-state index contributed by atoms with van der Waals surface area (Å²) in [5, 5.41) is 19.0. The van der Waals surface area contributed by atoms with Gasteiger partial charge < -0.3 is 19.7 Å². The maximum Gasteiger partial charge on any atom is 0.232 e. The van der Waals surface area contributed by atoms with Gasteiger partial charge in [-0.2, -0.15) is 0 Å². The molecule has 1 aromatic rings. The Morgan fingerprint density at radius 2 is 2.15 bits per heavy atom. The van der Waals surface area contributed by atoms with Crippen molar-refractivity contribution in [2.75, 3.05) is 6.61 Å². The summed E-state index contributed by atoms with van der Waals surface area (Å²) in [4.78, 5) is 0. The van der Waals surface area contributed by atoms with Gasteiger partial charge in [0.25, 0.3) is 0 Å². The minimum atomic E-state index is -1.46. The molecule has 2 N–H and O–H groups in total. The van der Waals surface area contributed by atoms with Crippen LogP contribution in [-0.2, 0) is 4.74 Å². The number of ether oxygens (including phenoxy) is 2. The molecule has 1 aliphatic heterocycles. The molecule has 2 rings (SSSR count). The summed E-state index contributed by atoms with van der Waals surface area (Å²) in [6.07, 6.45) is -4.47. The van der Waals surface area contributed by atoms with Gasteiger partial charge in [-0.3, -0.25) is 0 Å². The molecular weight excluding hydrogens is 331 g/mol. The fraction of sp³-hybridized carbons (Fsp3) is 0.571. The molecule has 4 nitrogen and oxygen atoms in total. The second-order valence-electron chi connectivity index (χ2n) is 5.05. The van der Waals surface area contributed by atoms with Crippen molar-refractivity contribution < 1.29 is 24.1 Å². The molecule has 0 aromatic heterocycles. The smallest absolute Gasteiger partial charge is 0.232 e. The molecule has 20 heavy (non-hydrogen) atoms. The lowest BCUT2D eigenvalue weighted by Crippen LogP contribution is -2.54. The third kappa shape index (κ3) is 3.14. The van der Waals surface area contributed by atoms with Crippen LogP contribution in [0.5, 0.6) is 5.75 Å². The summed E-state index contributed by atoms with van der Waals surface area (Å²) in [7, 11) is 0. The SMILES string of the molecule is Cc1cc(Br)ccc1O[C@H]1O[C@H](CO)[C@@H](O)[C@H](C)[C@@H]1F. The molecule has 112 valence electrons. The van der Waals surface area contributed by atoms with Gasteiger partial charge in [0.15, 0.2) is 6.17 Å². The molecule has 0 unspecified atom stereocenters. The Morgan fingerprint density at radius 3 is 2.75 bits per heavy atom. The highest BCUT2D eigenvalue weighted by atomic mass is 79.9. The fourth-order valence-corrected chi connectivity index (χ4v) is 2.69. The standard InChI is InChI=1S/C14H18BrFO4/c1-7-5-9(15)3-4-10(7)19-14-12(16)8(2)13(18)11(6-17)20-14/h3-5,8,11-14,17-18H,6H2,1-2H3/t8-,11-,12+,13+,14+/m1/s1. The highest BCUT2D eigenvalue weighted by molar-refractivity contribution is 9.10. The Balaban J connectivity index is 2.15. The van der Waals surface area contributed by atoms with E-state index in [1.165, 1.54) is 0 Å². The first kappa shape index (κ1) is 15.7. The van der Waals surface area contributed by atoms with E-state index < -0.39 is 30.6 Å². The summed E-state index contributed by atoms with van der Waals surface area (Å²) >= 11 is 3.34. The first-order chi connectivity index (χ1) is 9.43. The van der Waals surface area contributed by atoms with Gasteiger partial charge >= 0.3 is 0 Å². The summed E-state index contributed by atoms with van der Waals surface area (Å²) in [6, 6.07) is 5.37. The van der Waals surface area contributed by atoms with Crippen molar-refractivity contribution in [1.82, 2.24) is 0 Å². The van der Waals surface area contributed by atoms with Crippen LogP contribution < -0.4 is 4.74 Å². The molecule has 0 amide bonds. The zero-order chi connectivity index (χ0) is 14.9. The van der Waals surface area contributed by atoms with Crippen LogP contribution in [0.2, 0.25) is 0 Å². The lowest BCUT2D eigenvalue weighted by molar-refractivity contribution is -0.245. The lowest BCUT2D eigenvalue weighted by atomic mass is 9.92. The molecule has 1 aliphatic rings. The van der Waals surface area contributed by atoms with E-state index in [1.807, 2.05) is 13.0 Å². The van der Waals surface area contributed by atoms with Crippen LogP contribution in [-0.4, -0.2) is 41.5 Å². The Labute approximate surface area is 125 Å². The zero-order valence-corrected chi connectivity index (χ0v) is 12.9. The molecule has 6 heteroatoms. The van der Waals surface area contributed by atoms with Crippen molar-refractivity contribution >= 4 is 15.9 Å². The number of hydrogen-bond donors (Lipinski definition) is 2. The lowest BCUT2D eigenvalue weighted by Gasteiger charge is -2.39. The number of alkyl halides is 1. The van der Waals surface area contributed by atoms with E-state index in [0.717, 1.165) is 10.0 Å². The number of aryl methyl sites for hydroxylation is 1. The molecule has 1 fully saturated rings. The van der Waals surface area contributed by atoms with Crippen molar-refractivity contribution in [3.05, 3.63) is 28.2 Å². The number of halogens is 2. The van der Waals surface area contributed by atoms with E-state index in [-0.39, 0.29) is 6.61 Å². The third-order valence-corrected chi connectivity index (χ3v) is 4.04. The van der Waals surface area contributed by atoms with Crippen LogP contribution >= 0.6 is 15.9 Å². The summed E-state index contributed by atoms with van der Waals surface area (Å²) < 4.78 is 26.0. The van der Waals surface area contributed by atoms with Gasteiger partial charge in [-0.05, 0) is 30.7 Å². The van der Waals surface area contributed by atoms with Gasteiger partial charge in [-0.15, -0.1) is 0 Å². The topological polar surface area (TPSA) is 58.9 Å². The fourth-order valence-electron chi connectivity index (χ4n) is 2.22. The van der Waals surface area contributed by atoms with Crippen LogP contribution in [0.25, 0.3) is 0 Å². The second-order valence-corrected chi connectivity index (χ2v) is 5.96. The third-order valence-electron chi connectivity index (χ3n) is 3.55. The number of benzene rings is 1. The van der Waals surface area contributed by atoms with Gasteiger partial charge in [-0.1, -0.05) is 22.9 Å². The van der Waals surface area contributed by atoms with Gasteiger partial charge in [0.1, 0.15) is 11.9 Å². The quantitative estimate of drug-likeness (QED) is 0.878. The molecule has 0 saturated carbocycles. The molecule has 1 heterocycles. The van der Waals surface area contributed by atoms with E-state index in [0.29, 0.717) is 5.75 Å². The van der Waals surface area contributed by atoms with Crippen LogP contribution in [0.4, 0.5) is 4.39 Å². The number of aliphatic hydroxyl groups is 2. The average molecular weight is 349 g/mol. The predicted octanol–water partition coefficient (Wildman–Crippen LogP) is 2.19. The average Bonchev–Trinajstić information content (AvgIpc) is 2.42.